The van der Waals surface area contributed by atoms with Gasteiger partial charge in [0.1, 0.15) is 11.5 Å². The van der Waals surface area contributed by atoms with Crippen LogP contribution in [0.2, 0.25) is 5.15 Å². The summed E-state index contributed by atoms with van der Waals surface area (Å²) in [5.41, 5.74) is 1.08. The van der Waals surface area contributed by atoms with Gasteiger partial charge in [-0.2, -0.15) is 0 Å². The molecular weight excluding hydrogens is 271 g/mol. The third-order valence-corrected chi connectivity index (χ3v) is 2.69. The molecule has 0 spiro atoms. The smallest absolute Gasteiger partial charge is 0.356 e. The van der Waals surface area contributed by atoms with E-state index in [9.17, 15) is 9.18 Å². The molecule has 0 atom stereocenters. The van der Waals surface area contributed by atoms with Crippen LogP contribution in [-0.2, 0) is 0 Å². The average Bonchev–Trinajstić information content (AvgIpc) is 2.38. The van der Waals surface area contributed by atoms with Gasteiger partial charge in [-0.25, -0.2) is 14.2 Å². The van der Waals surface area contributed by atoms with E-state index < -0.39 is 5.97 Å². The number of carboxylic acids is 1. The standard InChI is InChI=1S/C13H8ClFN2O2/c1-7(8-2-4-9(15)5-3-8)11-12(14)17-10(6-16-11)13(18)19/h2-6H,1H2,(H,18,19). The van der Waals surface area contributed by atoms with Crippen molar-refractivity contribution in [1.82, 2.24) is 9.97 Å². The lowest BCUT2D eigenvalue weighted by atomic mass is 10.1. The van der Waals surface area contributed by atoms with Crippen LogP contribution in [0.5, 0.6) is 0 Å². The van der Waals surface area contributed by atoms with Gasteiger partial charge in [0, 0.05) is 5.57 Å². The highest BCUT2D eigenvalue weighted by Crippen LogP contribution is 2.25. The molecular formula is C13H8ClFN2O2. The summed E-state index contributed by atoms with van der Waals surface area (Å²) in [6.45, 7) is 3.80. The van der Waals surface area contributed by atoms with E-state index in [0.29, 0.717) is 11.1 Å². The van der Waals surface area contributed by atoms with Crippen LogP contribution in [0.1, 0.15) is 21.7 Å². The number of hydrogen-bond donors (Lipinski definition) is 1. The second-order valence-corrected chi connectivity index (χ2v) is 4.04. The van der Waals surface area contributed by atoms with Crippen LogP contribution >= 0.6 is 11.6 Å². The lowest BCUT2D eigenvalue weighted by Crippen LogP contribution is -2.04. The molecule has 0 aliphatic heterocycles. The molecule has 4 nitrogen and oxygen atoms in total. The molecule has 0 saturated carbocycles. The van der Waals surface area contributed by atoms with Crippen LogP contribution in [0.4, 0.5) is 4.39 Å². The van der Waals surface area contributed by atoms with E-state index in [1.807, 2.05) is 0 Å². The number of hydrogen-bond acceptors (Lipinski definition) is 3. The summed E-state index contributed by atoms with van der Waals surface area (Å²) in [5, 5.41) is 8.70. The van der Waals surface area contributed by atoms with Gasteiger partial charge in [0.2, 0.25) is 0 Å². The third kappa shape index (κ3) is 2.77. The van der Waals surface area contributed by atoms with Crippen LogP contribution < -0.4 is 0 Å². The van der Waals surface area contributed by atoms with Gasteiger partial charge in [0.15, 0.2) is 10.8 Å². The number of nitrogens with zero attached hydrogens (tertiary/aromatic N) is 2. The highest BCUT2D eigenvalue weighted by Gasteiger charge is 2.13. The number of carbonyl (C=O) groups is 1. The highest BCUT2D eigenvalue weighted by atomic mass is 35.5. The Morgan fingerprint density at radius 2 is 1.95 bits per heavy atom. The summed E-state index contributed by atoms with van der Waals surface area (Å²) in [6, 6.07) is 5.63. The molecule has 6 heteroatoms. The molecule has 0 unspecified atom stereocenters. The first-order chi connectivity index (χ1) is 8.99. The minimum atomic E-state index is -1.21. The number of aromatic carboxylic acids is 1. The van der Waals surface area contributed by atoms with Crippen LogP contribution in [0, 0.1) is 5.82 Å². The fraction of sp³-hybridized carbons (Fsp3) is 0. The Kier molecular flexibility index (Phi) is 3.57. The SMILES string of the molecule is C=C(c1ccc(F)cc1)c1ncc(C(=O)O)nc1Cl. The van der Waals surface area contributed by atoms with Gasteiger partial charge < -0.3 is 5.11 Å². The molecule has 2 rings (SSSR count). The number of halogens is 2. The maximum atomic E-state index is 12.8. The summed E-state index contributed by atoms with van der Waals surface area (Å²) >= 11 is 5.88. The maximum absolute atomic E-state index is 12.8. The van der Waals surface area contributed by atoms with Gasteiger partial charge in [-0.15, -0.1) is 0 Å². The van der Waals surface area contributed by atoms with E-state index >= 15 is 0 Å². The Morgan fingerprint density at radius 1 is 1.32 bits per heavy atom. The molecule has 1 aromatic carbocycles. The predicted molar refractivity (Wildman–Crippen MR) is 68.5 cm³/mol. The van der Waals surface area contributed by atoms with Gasteiger partial charge in [-0.1, -0.05) is 30.3 Å². The Bertz CT molecular complexity index is 656. The van der Waals surface area contributed by atoms with E-state index in [0.717, 1.165) is 6.20 Å². The number of rotatable bonds is 3. The van der Waals surface area contributed by atoms with Crippen LogP contribution in [-0.4, -0.2) is 21.0 Å². The van der Waals surface area contributed by atoms with Gasteiger partial charge in [0.05, 0.1) is 6.20 Å². The molecule has 96 valence electrons. The van der Waals surface area contributed by atoms with E-state index in [1.54, 1.807) is 0 Å². The summed E-state index contributed by atoms with van der Waals surface area (Å²) in [4.78, 5) is 18.4. The predicted octanol–water partition coefficient (Wildman–Crippen LogP) is 3.03. The summed E-state index contributed by atoms with van der Waals surface area (Å²) in [5.74, 6) is -1.58. The Morgan fingerprint density at radius 3 is 2.47 bits per heavy atom. The van der Waals surface area contributed by atoms with Crippen molar-refractivity contribution in [1.29, 1.82) is 0 Å². The van der Waals surface area contributed by atoms with E-state index in [-0.39, 0.29) is 22.4 Å². The van der Waals surface area contributed by atoms with E-state index in [4.69, 9.17) is 16.7 Å². The minimum Gasteiger partial charge on any atom is -0.476 e. The molecule has 1 N–H and O–H groups in total. The summed E-state index contributed by atoms with van der Waals surface area (Å²) in [6.07, 6.45) is 1.10. The largest absolute Gasteiger partial charge is 0.476 e. The molecule has 0 fully saturated rings. The Hall–Kier alpha value is -2.27. The first-order valence-electron chi connectivity index (χ1n) is 5.20. The third-order valence-electron chi connectivity index (χ3n) is 2.43. The van der Waals surface area contributed by atoms with E-state index in [2.05, 4.69) is 16.5 Å². The Balaban J connectivity index is 2.39. The van der Waals surface area contributed by atoms with Gasteiger partial charge in [-0.05, 0) is 17.7 Å². The summed E-state index contributed by atoms with van der Waals surface area (Å²) < 4.78 is 12.8. The van der Waals surface area contributed by atoms with Crippen LogP contribution in [0.3, 0.4) is 0 Å². The fourth-order valence-electron chi connectivity index (χ4n) is 1.46. The van der Waals surface area contributed by atoms with Crippen LogP contribution in [0.15, 0.2) is 37.0 Å². The van der Waals surface area contributed by atoms with Gasteiger partial charge >= 0.3 is 5.97 Å². The molecule has 2 aromatic rings. The highest BCUT2D eigenvalue weighted by molar-refractivity contribution is 6.31. The molecule has 0 saturated heterocycles. The molecule has 1 heterocycles. The Labute approximate surface area is 113 Å². The zero-order chi connectivity index (χ0) is 14.0. The van der Waals surface area contributed by atoms with Crippen molar-refractivity contribution in [2.24, 2.45) is 0 Å². The van der Waals surface area contributed by atoms with E-state index in [1.165, 1.54) is 24.3 Å². The van der Waals surface area contributed by atoms with Crippen molar-refractivity contribution in [3.63, 3.8) is 0 Å². The normalized spacial score (nSPS) is 10.2. The fourth-order valence-corrected chi connectivity index (χ4v) is 1.71. The van der Waals surface area contributed by atoms with Crippen molar-refractivity contribution in [2.45, 2.75) is 0 Å². The monoisotopic (exact) mass is 278 g/mol. The first-order valence-corrected chi connectivity index (χ1v) is 5.58. The lowest BCUT2D eigenvalue weighted by molar-refractivity contribution is 0.0690. The quantitative estimate of drug-likeness (QED) is 0.937. The van der Waals surface area contributed by atoms with Gasteiger partial charge in [0.25, 0.3) is 0 Å². The average molecular weight is 279 g/mol. The van der Waals surface area contributed by atoms with Crippen molar-refractivity contribution >= 4 is 23.1 Å². The first kappa shape index (κ1) is 13.2. The minimum absolute atomic E-state index is 0.0609. The second-order valence-electron chi connectivity index (χ2n) is 3.69. The number of benzene rings is 1. The number of aromatic nitrogens is 2. The molecule has 0 aliphatic carbocycles. The topological polar surface area (TPSA) is 63.1 Å². The van der Waals surface area contributed by atoms with Crippen molar-refractivity contribution in [3.8, 4) is 0 Å². The molecule has 0 amide bonds. The zero-order valence-electron chi connectivity index (χ0n) is 9.60. The maximum Gasteiger partial charge on any atom is 0.356 e. The molecule has 0 aliphatic rings. The van der Waals surface area contributed by atoms with Crippen LogP contribution in [0.25, 0.3) is 5.57 Å². The molecule has 19 heavy (non-hydrogen) atoms. The molecule has 0 bridgehead atoms. The number of carboxylic acid groups (broad SMARTS) is 1. The van der Waals surface area contributed by atoms with Crippen molar-refractivity contribution in [2.75, 3.05) is 0 Å². The van der Waals surface area contributed by atoms with Crippen molar-refractivity contribution < 1.29 is 14.3 Å². The van der Waals surface area contributed by atoms with Crippen molar-refractivity contribution in [3.05, 3.63) is 65.0 Å². The zero-order valence-corrected chi connectivity index (χ0v) is 10.4. The lowest BCUT2D eigenvalue weighted by Gasteiger charge is -2.07. The van der Waals surface area contributed by atoms with Gasteiger partial charge in [-0.3, -0.25) is 4.98 Å². The molecule has 0 radical (unpaired) electrons. The second kappa shape index (κ2) is 5.16. The molecule has 1 aromatic heterocycles. The summed E-state index contributed by atoms with van der Waals surface area (Å²) in [7, 11) is 0.